The molecule has 188 valence electrons. The number of aliphatic carboxylic acids is 1. The third kappa shape index (κ3) is 14.0. The Hall–Kier alpha value is -3.31. The van der Waals surface area contributed by atoms with Crippen LogP contribution in [0.3, 0.4) is 0 Å². The first-order chi connectivity index (χ1) is 16.4. The molecule has 3 rings (SSSR count). The van der Waals surface area contributed by atoms with Crippen molar-refractivity contribution in [2.45, 2.75) is 60.6 Å². The zero-order valence-corrected chi connectivity index (χ0v) is 21.8. The lowest BCUT2D eigenvalue weighted by atomic mass is 10.2. The standard InChI is InChI=1S/C20H23NO.C4H6.C2H4O2.C2H6.CH4O/c1-3-4-12-21-16(2)13-18-14-19(10-11-20(18)21)22-15-17-8-6-5-7-9-17;1-3-4-2;1-2(3)4;2*1-2/h5-11,13-14H,3-4,12,15H2,1-2H3;3-4H,1-2H2;1H3,(H,3,4);1-2H3;2H,1H3. The van der Waals surface area contributed by atoms with E-state index in [-0.39, 0.29) is 0 Å². The lowest BCUT2D eigenvalue weighted by Gasteiger charge is -2.09. The van der Waals surface area contributed by atoms with Gasteiger partial charge in [-0.1, -0.05) is 82.8 Å². The van der Waals surface area contributed by atoms with E-state index < -0.39 is 5.97 Å². The van der Waals surface area contributed by atoms with Crippen molar-refractivity contribution in [1.29, 1.82) is 0 Å². The maximum absolute atomic E-state index is 9.00. The quantitative estimate of drug-likeness (QED) is 0.353. The van der Waals surface area contributed by atoms with Gasteiger partial charge in [0.15, 0.2) is 0 Å². The van der Waals surface area contributed by atoms with E-state index in [1.165, 1.54) is 35.0 Å². The molecule has 3 aromatic rings. The predicted octanol–water partition coefficient (Wildman–Crippen LogP) is 7.41. The minimum Gasteiger partial charge on any atom is -0.489 e. The highest BCUT2D eigenvalue weighted by Gasteiger charge is 2.06. The fraction of sp³-hybridized carbons (Fsp3) is 0.345. The van der Waals surface area contributed by atoms with Crippen LogP contribution in [0.15, 0.2) is 79.9 Å². The van der Waals surface area contributed by atoms with E-state index in [1.807, 2.05) is 32.0 Å². The topological polar surface area (TPSA) is 71.7 Å². The van der Waals surface area contributed by atoms with Gasteiger partial charge in [0.2, 0.25) is 0 Å². The van der Waals surface area contributed by atoms with Gasteiger partial charge in [0.25, 0.3) is 5.97 Å². The maximum atomic E-state index is 9.00. The van der Waals surface area contributed by atoms with Crippen molar-refractivity contribution in [2.24, 2.45) is 0 Å². The Morgan fingerprint density at radius 3 is 2.09 bits per heavy atom. The lowest BCUT2D eigenvalue weighted by Crippen LogP contribution is -1.99. The van der Waals surface area contributed by atoms with E-state index in [0.717, 1.165) is 26.3 Å². The van der Waals surface area contributed by atoms with Crippen LogP contribution in [0, 0.1) is 6.92 Å². The zero-order valence-electron chi connectivity index (χ0n) is 21.8. The average molecular weight is 470 g/mol. The van der Waals surface area contributed by atoms with Gasteiger partial charge in [-0.3, -0.25) is 4.79 Å². The van der Waals surface area contributed by atoms with Crippen LogP contribution >= 0.6 is 0 Å². The summed E-state index contributed by atoms with van der Waals surface area (Å²) in [7, 11) is 1.00. The molecule has 0 aliphatic rings. The predicted molar refractivity (Wildman–Crippen MR) is 146 cm³/mol. The van der Waals surface area contributed by atoms with Crippen molar-refractivity contribution >= 4 is 16.9 Å². The second kappa shape index (κ2) is 21.5. The van der Waals surface area contributed by atoms with Crippen LogP contribution in [-0.4, -0.2) is 27.9 Å². The van der Waals surface area contributed by atoms with Gasteiger partial charge in [0.05, 0.1) is 0 Å². The SMILES string of the molecule is C=CC=C.CC.CC(=O)O.CCCCn1c(C)cc2cc(OCc3ccccc3)ccc21.CO. The zero-order chi connectivity index (χ0) is 26.4. The number of ether oxygens (including phenoxy) is 1. The molecule has 0 aliphatic carbocycles. The molecule has 0 amide bonds. The Balaban J connectivity index is 0. The molecule has 2 N–H and O–H groups in total. The first kappa shape index (κ1) is 32.9. The number of carbonyl (C=O) groups is 1. The smallest absolute Gasteiger partial charge is 0.300 e. The number of carboxylic acids is 1. The minimum absolute atomic E-state index is 0.613. The number of nitrogens with zero attached hydrogens (tertiary/aromatic N) is 1. The lowest BCUT2D eigenvalue weighted by molar-refractivity contribution is -0.134. The third-order valence-electron chi connectivity index (χ3n) is 4.23. The average Bonchev–Trinajstić information content (AvgIpc) is 3.18. The van der Waals surface area contributed by atoms with Gasteiger partial charge in [-0.2, -0.15) is 0 Å². The Labute approximate surface area is 206 Å². The number of fused-ring (bicyclic) bond motifs is 1. The summed E-state index contributed by atoms with van der Waals surface area (Å²) in [5.74, 6) is 0.101. The molecule has 2 aromatic carbocycles. The van der Waals surface area contributed by atoms with Gasteiger partial charge in [-0.05, 0) is 43.2 Å². The third-order valence-corrected chi connectivity index (χ3v) is 4.23. The summed E-state index contributed by atoms with van der Waals surface area (Å²) in [6.07, 6.45) is 5.72. The second-order valence-corrected chi connectivity index (χ2v) is 6.78. The largest absolute Gasteiger partial charge is 0.489 e. The van der Waals surface area contributed by atoms with Crippen molar-refractivity contribution in [3.63, 3.8) is 0 Å². The number of unbranched alkanes of at least 4 members (excludes halogenated alkanes) is 1. The van der Waals surface area contributed by atoms with Crippen LogP contribution in [0.25, 0.3) is 10.9 Å². The van der Waals surface area contributed by atoms with Crippen molar-refractivity contribution in [2.75, 3.05) is 7.11 Å². The van der Waals surface area contributed by atoms with Crippen molar-refractivity contribution < 1.29 is 19.7 Å². The van der Waals surface area contributed by atoms with Crippen LogP contribution in [0.4, 0.5) is 0 Å². The number of allylic oxidation sites excluding steroid dienone is 2. The molecule has 0 bridgehead atoms. The van der Waals surface area contributed by atoms with Gasteiger partial charge in [0.1, 0.15) is 12.4 Å². The summed E-state index contributed by atoms with van der Waals surface area (Å²) in [5, 5.41) is 15.7. The maximum Gasteiger partial charge on any atom is 0.300 e. The van der Waals surface area contributed by atoms with Gasteiger partial charge >= 0.3 is 0 Å². The number of rotatable bonds is 7. The van der Waals surface area contributed by atoms with E-state index in [0.29, 0.717) is 6.61 Å². The van der Waals surface area contributed by atoms with Gasteiger partial charge in [-0.25, -0.2) is 0 Å². The molecule has 0 unspecified atom stereocenters. The van der Waals surface area contributed by atoms with E-state index in [2.05, 4.69) is 68.0 Å². The summed E-state index contributed by atoms with van der Waals surface area (Å²) in [6, 6.07) is 18.9. The fourth-order valence-electron chi connectivity index (χ4n) is 2.83. The number of aryl methyl sites for hydroxylation is 2. The van der Waals surface area contributed by atoms with E-state index in [4.69, 9.17) is 19.7 Å². The van der Waals surface area contributed by atoms with Crippen molar-refractivity contribution in [1.82, 2.24) is 4.57 Å². The van der Waals surface area contributed by atoms with Gasteiger partial charge in [-0.15, -0.1) is 0 Å². The number of aromatic nitrogens is 1. The first-order valence-corrected chi connectivity index (χ1v) is 11.6. The number of hydrogen-bond donors (Lipinski definition) is 2. The Bertz CT molecular complexity index is 920. The van der Waals surface area contributed by atoms with Crippen LogP contribution in [0.2, 0.25) is 0 Å². The molecule has 0 aliphatic heterocycles. The highest BCUT2D eigenvalue weighted by Crippen LogP contribution is 2.25. The molecular weight excluding hydrogens is 426 g/mol. The van der Waals surface area contributed by atoms with Crippen LogP contribution in [-0.2, 0) is 17.9 Å². The second-order valence-electron chi connectivity index (χ2n) is 6.78. The molecule has 0 saturated carbocycles. The molecule has 0 radical (unpaired) electrons. The minimum atomic E-state index is -0.833. The molecule has 0 saturated heterocycles. The number of hydrogen-bond acceptors (Lipinski definition) is 3. The Morgan fingerprint density at radius 2 is 1.59 bits per heavy atom. The highest BCUT2D eigenvalue weighted by atomic mass is 16.5. The Kier molecular flexibility index (Phi) is 20.8. The number of carboxylic acid groups (broad SMARTS) is 1. The van der Waals surface area contributed by atoms with Crippen LogP contribution in [0.5, 0.6) is 5.75 Å². The summed E-state index contributed by atoms with van der Waals surface area (Å²) >= 11 is 0. The summed E-state index contributed by atoms with van der Waals surface area (Å²) < 4.78 is 8.32. The van der Waals surface area contributed by atoms with E-state index >= 15 is 0 Å². The monoisotopic (exact) mass is 469 g/mol. The summed E-state index contributed by atoms with van der Waals surface area (Å²) in [6.45, 7) is 17.9. The fourth-order valence-corrected chi connectivity index (χ4v) is 2.83. The molecule has 1 aromatic heterocycles. The molecule has 5 heteroatoms. The number of aliphatic hydroxyl groups is 1. The molecule has 0 spiro atoms. The molecular formula is C29H43NO4. The molecule has 0 fully saturated rings. The highest BCUT2D eigenvalue weighted by molar-refractivity contribution is 5.82. The molecule has 1 heterocycles. The Morgan fingerprint density at radius 1 is 1.03 bits per heavy atom. The van der Waals surface area contributed by atoms with Crippen molar-refractivity contribution in [3.05, 3.63) is 91.2 Å². The van der Waals surface area contributed by atoms with E-state index in [1.54, 1.807) is 12.2 Å². The summed E-state index contributed by atoms with van der Waals surface area (Å²) in [5.41, 5.74) is 3.82. The molecule has 0 atom stereocenters. The molecule has 34 heavy (non-hydrogen) atoms. The van der Waals surface area contributed by atoms with Gasteiger partial charge < -0.3 is 19.5 Å². The van der Waals surface area contributed by atoms with E-state index in [9.17, 15) is 0 Å². The van der Waals surface area contributed by atoms with Crippen LogP contribution in [0.1, 0.15) is 51.8 Å². The number of benzene rings is 2. The number of aliphatic hydroxyl groups excluding tert-OH is 1. The molecule has 5 nitrogen and oxygen atoms in total. The normalized spacial score (nSPS) is 8.79. The van der Waals surface area contributed by atoms with Crippen molar-refractivity contribution in [3.8, 4) is 5.75 Å². The first-order valence-electron chi connectivity index (χ1n) is 11.6. The van der Waals surface area contributed by atoms with Crippen LogP contribution < -0.4 is 4.74 Å². The van der Waals surface area contributed by atoms with Gasteiger partial charge in [0, 0.05) is 37.2 Å². The summed E-state index contributed by atoms with van der Waals surface area (Å²) in [4.78, 5) is 9.00.